The number of anilines is 1. The molecule has 1 aliphatic rings. The second kappa shape index (κ2) is 7.35. The van der Waals surface area contributed by atoms with Gasteiger partial charge in [0.1, 0.15) is 0 Å². The maximum absolute atomic E-state index is 12.5. The Kier molecular flexibility index (Phi) is 5.15. The number of nitrogens with zero attached hydrogens (tertiary/aromatic N) is 1. The van der Waals surface area contributed by atoms with Crippen LogP contribution in [0.25, 0.3) is 0 Å². The highest BCUT2D eigenvalue weighted by molar-refractivity contribution is 7.89. The van der Waals surface area contributed by atoms with Crippen LogP contribution in [-0.4, -0.2) is 34.2 Å². The molecule has 1 amide bonds. The average Bonchev–Trinajstić information content (AvgIpc) is 3.06. The Morgan fingerprint density at radius 1 is 1.15 bits per heavy atom. The molecule has 0 fully saturated rings. The zero-order chi connectivity index (χ0) is 18.7. The summed E-state index contributed by atoms with van der Waals surface area (Å²) in [6, 6.07) is 11.9. The van der Waals surface area contributed by atoms with Gasteiger partial charge in [-0.3, -0.25) is 4.79 Å². The average molecular weight is 376 g/mol. The van der Waals surface area contributed by atoms with E-state index in [1.165, 1.54) is 24.0 Å². The van der Waals surface area contributed by atoms with Crippen molar-refractivity contribution in [2.75, 3.05) is 24.8 Å². The first-order chi connectivity index (χ1) is 12.4. The lowest BCUT2D eigenvalue weighted by Gasteiger charge is -2.21. The molecule has 0 spiro atoms. The number of sulfonamides is 1. The van der Waals surface area contributed by atoms with Crippen LogP contribution in [0.2, 0.25) is 0 Å². The second-order valence-corrected chi connectivity index (χ2v) is 7.69. The molecule has 0 aliphatic carbocycles. The summed E-state index contributed by atoms with van der Waals surface area (Å²) in [4.78, 5) is 13.6. The van der Waals surface area contributed by atoms with E-state index in [1.807, 2.05) is 31.2 Å². The van der Waals surface area contributed by atoms with E-state index in [4.69, 9.17) is 9.47 Å². The van der Waals surface area contributed by atoms with Crippen LogP contribution in [0, 0.1) is 6.92 Å². The van der Waals surface area contributed by atoms with Gasteiger partial charge < -0.3 is 14.4 Å². The van der Waals surface area contributed by atoms with Crippen LogP contribution in [0.1, 0.15) is 12.5 Å². The van der Waals surface area contributed by atoms with Crippen LogP contribution in [0.5, 0.6) is 11.5 Å². The summed E-state index contributed by atoms with van der Waals surface area (Å²) in [7, 11) is -3.72. The van der Waals surface area contributed by atoms with E-state index in [0.717, 1.165) is 11.3 Å². The summed E-state index contributed by atoms with van der Waals surface area (Å²) in [5, 5.41) is 0. The van der Waals surface area contributed by atoms with Crippen molar-refractivity contribution in [3.63, 3.8) is 0 Å². The number of fused-ring (bicyclic) bond motifs is 1. The summed E-state index contributed by atoms with van der Waals surface area (Å²) in [5.74, 6) is 0.766. The van der Waals surface area contributed by atoms with Gasteiger partial charge in [0.2, 0.25) is 22.7 Å². The van der Waals surface area contributed by atoms with Gasteiger partial charge in [0.25, 0.3) is 0 Å². The number of benzene rings is 2. The van der Waals surface area contributed by atoms with Gasteiger partial charge in [-0.2, -0.15) is 0 Å². The van der Waals surface area contributed by atoms with Crippen molar-refractivity contribution in [3.8, 4) is 11.5 Å². The highest BCUT2D eigenvalue weighted by Crippen LogP contribution is 2.33. The molecule has 138 valence electrons. The third-order valence-electron chi connectivity index (χ3n) is 3.98. The van der Waals surface area contributed by atoms with E-state index >= 15 is 0 Å². The first-order valence-electron chi connectivity index (χ1n) is 8.11. The summed E-state index contributed by atoms with van der Waals surface area (Å²) in [6.07, 6.45) is 0. The predicted molar refractivity (Wildman–Crippen MR) is 97.0 cm³/mol. The van der Waals surface area contributed by atoms with Gasteiger partial charge in [0.15, 0.2) is 11.5 Å². The van der Waals surface area contributed by atoms with Crippen LogP contribution in [-0.2, 0) is 14.8 Å². The minimum Gasteiger partial charge on any atom is -0.454 e. The van der Waals surface area contributed by atoms with E-state index < -0.39 is 10.0 Å². The number of ether oxygens (including phenoxy) is 2. The SMILES string of the molecule is CC(=O)N(CCNS(=O)(=O)c1ccc2c(c1)OCO2)c1cccc(C)c1. The van der Waals surface area contributed by atoms with Crippen LogP contribution in [0.4, 0.5) is 5.69 Å². The minimum atomic E-state index is -3.72. The molecular formula is C18H20N2O5S. The molecule has 26 heavy (non-hydrogen) atoms. The van der Waals surface area contributed by atoms with Crippen molar-refractivity contribution in [2.24, 2.45) is 0 Å². The number of amides is 1. The highest BCUT2D eigenvalue weighted by Gasteiger charge is 2.20. The van der Waals surface area contributed by atoms with Gasteiger partial charge >= 0.3 is 0 Å². The molecule has 2 aromatic rings. The molecule has 1 N–H and O–H groups in total. The van der Waals surface area contributed by atoms with E-state index in [9.17, 15) is 13.2 Å². The standard InChI is InChI=1S/C18H20N2O5S/c1-13-4-3-5-15(10-13)20(14(2)21)9-8-19-26(22,23)16-6-7-17-18(11-16)25-12-24-17/h3-7,10-11,19H,8-9,12H2,1-2H3. The molecule has 3 rings (SSSR count). The summed E-state index contributed by atoms with van der Waals surface area (Å²) in [5.41, 5.74) is 1.76. The maximum atomic E-state index is 12.5. The molecule has 8 heteroatoms. The molecule has 1 aliphatic heterocycles. The lowest BCUT2D eigenvalue weighted by Crippen LogP contribution is -2.37. The van der Waals surface area contributed by atoms with Crippen LogP contribution in [0.15, 0.2) is 47.4 Å². The van der Waals surface area contributed by atoms with Crippen LogP contribution in [0.3, 0.4) is 0 Å². The maximum Gasteiger partial charge on any atom is 0.240 e. The van der Waals surface area contributed by atoms with E-state index in [2.05, 4.69) is 4.72 Å². The molecular weight excluding hydrogens is 356 g/mol. The third kappa shape index (κ3) is 3.97. The molecule has 2 aromatic carbocycles. The Hall–Kier alpha value is -2.58. The van der Waals surface area contributed by atoms with Crippen molar-refractivity contribution in [1.29, 1.82) is 0 Å². The van der Waals surface area contributed by atoms with E-state index in [0.29, 0.717) is 11.5 Å². The van der Waals surface area contributed by atoms with Crippen LogP contribution >= 0.6 is 0 Å². The zero-order valence-corrected chi connectivity index (χ0v) is 15.4. The van der Waals surface area contributed by atoms with Crippen molar-refractivity contribution in [2.45, 2.75) is 18.7 Å². The van der Waals surface area contributed by atoms with Gasteiger partial charge in [0, 0.05) is 31.8 Å². The van der Waals surface area contributed by atoms with Gasteiger partial charge in [0.05, 0.1) is 4.90 Å². The molecule has 0 unspecified atom stereocenters. The minimum absolute atomic E-state index is 0.0797. The lowest BCUT2D eigenvalue weighted by molar-refractivity contribution is -0.116. The molecule has 0 aromatic heterocycles. The van der Waals surface area contributed by atoms with Crippen molar-refractivity contribution in [1.82, 2.24) is 4.72 Å². The molecule has 0 bridgehead atoms. The van der Waals surface area contributed by atoms with Crippen LogP contribution < -0.4 is 19.1 Å². The summed E-state index contributed by atoms with van der Waals surface area (Å²) >= 11 is 0. The Morgan fingerprint density at radius 2 is 1.92 bits per heavy atom. The fourth-order valence-corrected chi connectivity index (χ4v) is 3.72. The largest absolute Gasteiger partial charge is 0.454 e. The number of nitrogens with one attached hydrogen (secondary N) is 1. The molecule has 0 saturated carbocycles. The fraction of sp³-hybridized carbons (Fsp3) is 0.278. The van der Waals surface area contributed by atoms with Gasteiger partial charge in [-0.25, -0.2) is 13.1 Å². The molecule has 0 saturated heterocycles. The Balaban J connectivity index is 1.68. The first kappa shape index (κ1) is 18.2. The smallest absolute Gasteiger partial charge is 0.240 e. The Labute approximate surface area is 152 Å². The summed E-state index contributed by atoms with van der Waals surface area (Å²) < 4.78 is 37.8. The highest BCUT2D eigenvalue weighted by atomic mass is 32.2. The normalized spacial score (nSPS) is 12.8. The molecule has 7 nitrogen and oxygen atoms in total. The topological polar surface area (TPSA) is 84.9 Å². The van der Waals surface area contributed by atoms with Gasteiger partial charge in [-0.15, -0.1) is 0 Å². The predicted octanol–water partition coefficient (Wildman–Crippen LogP) is 2.06. The Bertz CT molecular complexity index is 927. The second-order valence-electron chi connectivity index (χ2n) is 5.92. The zero-order valence-electron chi connectivity index (χ0n) is 14.6. The monoisotopic (exact) mass is 376 g/mol. The molecule has 1 heterocycles. The molecule has 0 atom stereocenters. The quantitative estimate of drug-likeness (QED) is 0.834. The van der Waals surface area contributed by atoms with Crippen molar-refractivity contribution >= 4 is 21.6 Å². The third-order valence-corrected chi connectivity index (χ3v) is 5.43. The number of hydrogen-bond donors (Lipinski definition) is 1. The first-order valence-corrected chi connectivity index (χ1v) is 9.59. The number of carbonyl (C=O) groups excluding carboxylic acids is 1. The molecule has 0 radical (unpaired) electrons. The fourth-order valence-electron chi connectivity index (χ4n) is 2.68. The van der Waals surface area contributed by atoms with Crippen molar-refractivity contribution < 1.29 is 22.7 Å². The summed E-state index contributed by atoms with van der Waals surface area (Å²) in [6.45, 7) is 3.78. The van der Waals surface area contributed by atoms with Gasteiger partial charge in [-0.1, -0.05) is 12.1 Å². The number of carbonyl (C=O) groups is 1. The Morgan fingerprint density at radius 3 is 2.65 bits per heavy atom. The van der Waals surface area contributed by atoms with Gasteiger partial charge in [-0.05, 0) is 36.8 Å². The number of hydrogen-bond acceptors (Lipinski definition) is 5. The lowest BCUT2D eigenvalue weighted by atomic mass is 10.2. The van der Waals surface area contributed by atoms with E-state index in [-0.39, 0.29) is 30.7 Å². The number of aryl methyl sites for hydroxylation is 1. The van der Waals surface area contributed by atoms with E-state index in [1.54, 1.807) is 6.07 Å². The van der Waals surface area contributed by atoms with Crippen molar-refractivity contribution in [3.05, 3.63) is 48.0 Å². The number of rotatable bonds is 6.